The van der Waals surface area contributed by atoms with Gasteiger partial charge in [-0.15, -0.1) is 0 Å². The third-order valence-electron chi connectivity index (χ3n) is 6.42. The Morgan fingerprint density at radius 3 is 2.45 bits per heavy atom. The van der Waals surface area contributed by atoms with Crippen LogP contribution in [0.15, 0.2) is 60.7 Å². The van der Waals surface area contributed by atoms with E-state index in [0.29, 0.717) is 32.4 Å². The van der Waals surface area contributed by atoms with E-state index in [2.05, 4.69) is 52.1 Å². The van der Waals surface area contributed by atoms with Gasteiger partial charge in [0.2, 0.25) is 11.8 Å². The molecule has 0 unspecified atom stereocenters. The minimum absolute atomic E-state index is 0.0106. The first kappa shape index (κ1) is 22.8. The highest BCUT2D eigenvalue weighted by Crippen LogP contribution is 2.30. The van der Waals surface area contributed by atoms with Gasteiger partial charge in [0.05, 0.1) is 12.2 Å². The number of aryl methyl sites for hydroxylation is 2. The maximum Gasteiger partial charge on any atom is 0.220 e. The van der Waals surface area contributed by atoms with Crippen LogP contribution in [0.1, 0.15) is 42.6 Å². The zero-order valence-electron chi connectivity index (χ0n) is 19.4. The fourth-order valence-electron chi connectivity index (χ4n) is 4.66. The molecular formula is C27H32N4O2. The summed E-state index contributed by atoms with van der Waals surface area (Å²) in [6, 6.07) is 20.8. The van der Waals surface area contributed by atoms with Crippen LogP contribution >= 0.6 is 0 Å². The van der Waals surface area contributed by atoms with Gasteiger partial charge in [-0.05, 0) is 55.9 Å². The molecular weight excluding hydrogens is 412 g/mol. The van der Waals surface area contributed by atoms with Crippen LogP contribution < -0.4 is 10.6 Å². The van der Waals surface area contributed by atoms with E-state index in [-0.39, 0.29) is 17.4 Å². The number of amides is 2. The zero-order valence-corrected chi connectivity index (χ0v) is 19.4. The Bertz CT molecular complexity index is 1100. The lowest BCUT2D eigenvalue weighted by Crippen LogP contribution is -2.44. The predicted octanol–water partition coefficient (Wildman–Crippen LogP) is 3.95. The molecule has 172 valence electrons. The van der Waals surface area contributed by atoms with Crippen molar-refractivity contribution in [2.24, 2.45) is 0 Å². The minimum Gasteiger partial charge on any atom is -0.354 e. The molecule has 1 saturated heterocycles. The van der Waals surface area contributed by atoms with E-state index >= 15 is 0 Å². The summed E-state index contributed by atoms with van der Waals surface area (Å²) < 4.78 is 1.91. The van der Waals surface area contributed by atoms with Gasteiger partial charge in [0.1, 0.15) is 0 Å². The summed E-state index contributed by atoms with van der Waals surface area (Å²) in [5.74, 6) is 0.0809. The number of aromatic nitrogens is 2. The highest BCUT2D eigenvalue weighted by molar-refractivity contribution is 5.80. The van der Waals surface area contributed by atoms with E-state index in [1.54, 1.807) is 0 Å². The van der Waals surface area contributed by atoms with Gasteiger partial charge in [0.25, 0.3) is 0 Å². The molecule has 2 aromatic carbocycles. The highest BCUT2D eigenvalue weighted by Gasteiger charge is 2.37. The molecule has 2 amide bonds. The largest absolute Gasteiger partial charge is 0.354 e. The van der Waals surface area contributed by atoms with Crippen LogP contribution in [0.25, 0.3) is 11.1 Å². The number of nitrogens with zero attached hydrogens (tertiary/aromatic N) is 2. The van der Waals surface area contributed by atoms with Crippen molar-refractivity contribution in [3.63, 3.8) is 0 Å². The summed E-state index contributed by atoms with van der Waals surface area (Å²) in [6.07, 6.45) is 3.02. The molecule has 6 nitrogen and oxygen atoms in total. The first-order chi connectivity index (χ1) is 15.9. The van der Waals surface area contributed by atoms with Crippen LogP contribution in [0.4, 0.5) is 0 Å². The number of carbonyl (C=O) groups is 2. The van der Waals surface area contributed by atoms with Crippen LogP contribution in [0.2, 0.25) is 0 Å². The summed E-state index contributed by atoms with van der Waals surface area (Å²) in [5, 5.41) is 10.6. The van der Waals surface area contributed by atoms with E-state index in [9.17, 15) is 9.59 Å². The number of nitrogens with one attached hydrogen (secondary N) is 2. The molecule has 0 aliphatic carbocycles. The Morgan fingerprint density at radius 1 is 1.09 bits per heavy atom. The monoisotopic (exact) mass is 444 g/mol. The number of rotatable bonds is 9. The van der Waals surface area contributed by atoms with Crippen LogP contribution in [0, 0.1) is 13.8 Å². The van der Waals surface area contributed by atoms with Gasteiger partial charge in [-0.3, -0.25) is 14.3 Å². The minimum atomic E-state index is -0.363. The molecule has 1 aromatic heterocycles. The molecule has 1 aliphatic heterocycles. The second kappa shape index (κ2) is 10.0. The Balaban J connectivity index is 1.33. The van der Waals surface area contributed by atoms with Crippen LogP contribution in [-0.2, 0) is 22.6 Å². The average molecular weight is 445 g/mol. The van der Waals surface area contributed by atoms with E-state index in [4.69, 9.17) is 0 Å². The molecule has 3 aromatic rings. The van der Waals surface area contributed by atoms with Crippen molar-refractivity contribution in [3.05, 3.63) is 77.6 Å². The van der Waals surface area contributed by atoms with Gasteiger partial charge in [-0.25, -0.2) is 0 Å². The molecule has 0 saturated carbocycles. The van der Waals surface area contributed by atoms with Gasteiger partial charge < -0.3 is 10.6 Å². The van der Waals surface area contributed by atoms with Crippen molar-refractivity contribution >= 4 is 11.8 Å². The Morgan fingerprint density at radius 2 is 1.82 bits per heavy atom. The second-order valence-corrected chi connectivity index (χ2v) is 9.07. The van der Waals surface area contributed by atoms with E-state index < -0.39 is 0 Å². The summed E-state index contributed by atoms with van der Waals surface area (Å²) in [4.78, 5) is 24.6. The molecule has 2 N–H and O–H groups in total. The van der Waals surface area contributed by atoms with Crippen LogP contribution in [0.5, 0.6) is 0 Å². The Labute approximate surface area is 195 Å². The fraction of sp³-hybridized carbons (Fsp3) is 0.370. The summed E-state index contributed by atoms with van der Waals surface area (Å²) >= 11 is 0. The lowest BCUT2D eigenvalue weighted by molar-refractivity contribution is -0.122. The van der Waals surface area contributed by atoms with Crippen LogP contribution in [-0.4, -0.2) is 33.7 Å². The first-order valence-electron chi connectivity index (χ1n) is 11.7. The topological polar surface area (TPSA) is 76.0 Å². The second-order valence-electron chi connectivity index (χ2n) is 9.07. The standard InChI is InChI=1S/C27H32N4O2/c1-20-18-21(2)31(30-20)17-16-28-25(32)12-14-27(15-13-26(33)29-27)19-22-8-10-24(11-9-22)23-6-4-3-5-7-23/h3-11,18H,12-17,19H2,1-2H3,(H,28,32)(H,29,33)/t27-/m0/s1. The normalized spacial score (nSPS) is 17.7. The smallest absolute Gasteiger partial charge is 0.220 e. The van der Waals surface area contributed by atoms with Gasteiger partial charge in [-0.1, -0.05) is 54.6 Å². The van der Waals surface area contributed by atoms with Crippen molar-refractivity contribution in [2.45, 2.75) is 58.0 Å². The van der Waals surface area contributed by atoms with E-state index in [1.807, 2.05) is 42.8 Å². The molecule has 1 aliphatic rings. The number of carbonyl (C=O) groups excluding carboxylic acids is 2. The molecule has 33 heavy (non-hydrogen) atoms. The van der Waals surface area contributed by atoms with Crippen molar-refractivity contribution in [3.8, 4) is 11.1 Å². The number of hydrogen-bond donors (Lipinski definition) is 2. The van der Waals surface area contributed by atoms with Gasteiger partial charge in [0, 0.05) is 30.6 Å². The molecule has 1 atom stereocenters. The average Bonchev–Trinajstić information content (AvgIpc) is 3.34. The van der Waals surface area contributed by atoms with Crippen LogP contribution in [0.3, 0.4) is 0 Å². The molecule has 6 heteroatoms. The zero-order chi connectivity index (χ0) is 23.3. The van der Waals surface area contributed by atoms with Crippen molar-refractivity contribution < 1.29 is 9.59 Å². The Hall–Kier alpha value is -3.41. The van der Waals surface area contributed by atoms with Crippen molar-refractivity contribution in [1.29, 1.82) is 0 Å². The number of benzene rings is 2. The third kappa shape index (κ3) is 5.89. The van der Waals surface area contributed by atoms with Gasteiger partial charge in [0.15, 0.2) is 0 Å². The first-order valence-corrected chi connectivity index (χ1v) is 11.7. The van der Waals surface area contributed by atoms with Crippen molar-refractivity contribution in [1.82, 2.24) is 20.4 Å². The maximum atomic E-state index is 12.5. The molecule has 0 bridgehead atoms. The summed E-state index contributed by atoms with van der Waals surface area (Å²) in [5.41, 5.74) is 5.23. The quantitative estimate of drug-likeness (QED) is 0.525. The third-order valence-corrected chi connectivity index (χ3v) is 6.42. The van der Waals surface area contributed by atoms with Crippen molar-refractivity contribution in [2.75, 3.05) is 6.54 Å². The Kier molecular flexibility index (Phi) is 6.92. The number of hydrogen-bond acceptors (Lipinski definition) is 3. The summed E-state index contributed by atoms with van der Waals surface area (Å²) in [7, 11) is 0. The van der Waals surface area contributed by atoms with Gasteiger partial charge >= 0.3 is 0 Å². The maximum absolute atomic E-state index is 12.5. The molecule has 0 spiro atoms. The summed E-state index contributed by atoms with van der Waals surface area (Å²) in [6.45, 7) is 5.18. The molecule has 2 heterocycles. The molecule has 4 rings (SSSR count). The predicted molar refractivity (Wildman–Crippen MR) is 130 cm³/mol. The highest BCUT2D eigenvalue weighted by atomic mass is 16.2. The van der Waals surface area contributed by atoms with Gasteiger partial charge in [-0.2, -0.15) is 5.10 Å². The van der Waals surface area contributed by atoms with E-state index in [1.165, 1.54) is 16.7 Å². The fourth-order valence-corrected chi connectivity index (χ4v) is 4.66. The SMILES string of the molecule is Cc1cc(C)n(CCNC(=O)CC[C@@]2(Cc3ccc(-c4ccccc4)cc3)CCC(=O)N2)n1. The lowest BCUT2D eigenvalue weighted by Gasteiger charge is -2.29. The molecule has 1 fully saturated rings. The lowest BCUT2D eigenvalue weighted by atomic mass is 9.84. The van der Waals surface area contributed by atoms with E-state index in [0.717, 1.165) is 24.2 Å². The molecule has 0 radical (unpaired) electrons.